The normalized spacial score (nSPS) is 13.3. The van der Waals surface area contributed by atoms with Gasteiger partial charge in [0.05, 0.1) is 12.0 Å². The molecule has 7 heteroatoms. The van der Waals surface area contributed by atoms with E-state index in [-0.39, 0.29) is 63.8 Å². The third-order valence-electron chi connectivity index (χ3n) is 1.32. The standard InChI is InChI=1S/C6H11BF3N2.K/c1-6(3-11)4-12(2)5-7(8,9)10;/h6H,4-5H2,1-2H3;/q-1;+1. The van der Waals surface area contributed by atoms with E-state index in [9.17, 15) is 12.9 Å². The van der Waals surface area contributed by atoms with E-state index in [0.29, 0.717) is 0 Å². The molecule has 0 radical (unpaired) electrons. The van der Waals surface area contributed by atoms with E-state index in [2.05, 4.69) is 0 Å². The van der Waals surface area contributed by atoms with Crippen molar-refractivity contribution in [3.8, 4) is 6.07 Å². The van der Waals surface area contributed by atoms with Crippen LogP contribution in [-0.2, 0) is 0 Å². The minimum absolute atomic E-state index is 0. The quantitative estimate of drug-likeness (QED) is 0.535. The van der Waals surface area contributed by atoms with Gasteiger partial charge in [-0.25, -0.2) is 0 Å². The summed E-state index contributed by atoms with van der Waals surface area (Å²) in [5, 5.41) is 8.33. The van der Waals surface area contributed by atoms with Crippen LogP contribution in [0.1, 0.15) is 6.92 Å². The minimum atomic E-state index is -4.76. The Labute approximate surface area is 119 Å². The Kier molecular flexibility index (Phi) is 9.15. The molecule has 1 unspecified atom stereocenters. The fraction of sp³-hybridized carbons (Fsp3) is 0.833. The van der Waals surface area contributed by atoms with Gasteiger partial charge in [0, 0.05) is 6.54 Å². The Bertz CT molecular complexity index is 180. The van der Waals surface area contributed by atoms with E-state index in [1.165, 1.54) is 7.05 Å². The fourth-order valence-electron chi connectivity index (χ4n) is 0.936. The maximum atomic E-state index is 11.8. The van der Waals surface area contributed by atoms with Gasteiger partial charge in [-0.05, 0) is 20.4 Å². The second-order valence-electron chi connectivity index (χ2n) is 2.96. The molecule has 0 heterocycles. The SMILES string of the molecule is CC(C#N)CN(C)C[B-](F)(F)F.[K+]. The van der Waals surface area contributed by atoms with Gasteiger partial charge >= 0.3 is 58.4 Å². The van der Waals surface area contributed by atoms with Crippen molar-refractivity contribution in [2.45, 2.75) is 6.92 Å². The van der Waals surface area contributed by atoms with Crippen LogP contribution >= 0.6 is 0 Å². The van der Waals surface area contributed by atoms with Gasteiger partial charge in [0.1, 0.15) is 0 Å². The number of hydrogen-bond donors (Lipinski definition) is 0. The Balaban J connectivity index is 0. The van der Waals surface area contributed by atoms with Crippen LogP contribution in [0.15, 0.2) is 0 Å². The summed E-state index contributed by atoms with van der Waals surface area (Å²) in [5.41, 5.74) is 0. The molecular formula is C6H11BF3KN2. The average molecular weight is 218 g/mol. The summed E-state index contributed by atoms with van der Waals surface area (Å²) in [6.45, 7) is -3.00. The van der Waals surface area contributed by atoms with E-state index in [1.54, 1.807) is 6.92 Å². The van der Waals surface area contributed by atoms with Crippen LogP contribution in [0.4, 0.5) is 12.9 Å². The van der Waals surface area contributed by atoms with Gasteiger partial charge in [-0.2, -0.15) is 5.26 Å². The summed E-state index contributed by atoms with van der Waals surface area (Å²) in [4.78, 5) is 1.12. The number of nitrogens with zero attached hydrogens (tertiary/aromatic N) is 2. The van der Waals surface area contributed by atoms with Crippen LogP contribution in [0, 0.1) is 17.2 Å². The Morgan fingerprint density at radius 3 is 2.23 bits per heavy atom. The van der Waals surface area contributed by atoms with Gasteiger partial charge < -0.3 is 17.8 Å². The summed E-state index contributed by atoms with van der Waals surface area (Å²) in [7, 11) is 1.36. The van der Waals surface area contributed by atoms with Crippen molar-refractivity contribution in [3.63, 3.8) is 0 Å². The third-order valence-corrected chi connectivity index (χ3v) is 1.32. The molecule has 0 aromatic carbocycles. The molecule has 0 aromatic heterocycles. The summed E-state index contributed by atoms with van der Waals surface area (Å²) in [5.74, 6) is -0.354. The van der Waals surface area contributed by atoms with Crippen molar-refractivity contribution in [2.24, 2.45) is 5.92 Å². The maximum Gasteiger partial charge on any atom is 1.00 e. The molecule has 0 aromatic rings. The van der Waals surface area contributed by atoms with Crippen molar-refractivity contribution in [3.05, 3.63) is 0 Å². The molecule has 0 aliphatic heterocycles. The van der Waals surface area contributed by atoms with E-state index in [0.717, 1.165) is 4.90 Å². The molecule has 0 spiro atoms. The summed E-state index contributed by atoms with van der Waals surface area (Å²) >= 11 is 0. The molecular weight excluding hydrogens is 207 g/mol. The van der Waals surface area contributed by atoms with Crippen LogP contribution in [0.2, 0.25) is 0 Å². The van der Waals surface area contributed by atoms with E-state index >= 15 is 0 Å². The molecule has 0 rings (SSSR count). The predicted octanol–water partition coefficient (Wildman–Crippen LogP) is -1.53. The largest absolute Gasteiger partial charge is 1.00 e. The van der Waals surface area contributed by atoms with Crippen LogP contribution in [-0.4, -0.2) is 31.9 Å². The van der Waals surface area contributed by atoms with E-state index < -0.39 is 13.4 Å². The molecule has 0 fully saturated rings. The Hall–Kier alpha value is 0.941. The van der Waals surface area contributed by atoms with Crippen molar-refractivity contribution >= 4 is 6.98 Å². The first-order valence-electron chi connectivity index (χ1n) is 3.64. The summed E-state index contributed by atoms with van der Waals surface area (Å²) < 4.78 is 35.4. The predicted molar refractivity (Wildman–Crippen MR) is 41.4 cm³/mol. The topological polar surface area (TPSA) is 27.0 Å². The first-order valence-corrected chi connectivity index (χ1v) is 3.64. The molecule has 2 nitrogen and oxygen atoms in total. The van der Waals surface area contributed by atoms with Crippen molar-refractivity contribution in [1.29, 1.82) is 5.26 Å². The number of rotatable bonds is 4. The molecule has 0 amide bonds. The second-order valence-corrected chi connectivity index (χ2v) is 2.96. The van der Waals surface area contributed by atoms with Gasteiger partial charge in [-0.15, -0.1) is 0 Å². The van der Waals surface area contributed by atoms with Crippen LogP contribution < -0.4 is 51.4 Å². The second kappa shape index (κ2) is 7.26. The molecule has 13 heavy (non-hydrogen) atoms. The van der Waals surface area contributed by atoms with Crippen molar-refractivity contribution < 1.29 is 64.3 Å². The van der Waals surface area contributed by atoms with Crippen LogP contribution in [0.5, 0.6) is 0 Å². The summed E-state index contributed by atoms with van der Waals surface area (Å²) in [6, 6.07) is 1.88. The van der Waals surface area contributed by atoms with Crippen LogP contribution in [0.25, 0.3) is 0 Å². The van der Waals surface area contributed by atoms with Crippen molar-refractivity contribution in [2.75, 3.05) is 20.0 Å². The molecule has 1 atom stereocenters. The van der Waals surface area contributed by atoms with Crippen LogP contribution in [0.3, 0.4) is 0 Å². The smallest absolute Gasteiger partial charge is 0.448 e. The molecule has 0 aliphatic rings. The molecule has 0 aliphatic carbocycles. The summed E-state index contributed by atoms with van der Waals surface area (Å²) in [6.07, 6.45) is -0.897. The first-order chi connectivity index (χ1) is 5.35. The number of hydrogen-bond acceptors (Lipinski definition) is 2. The Morgan fingerprint density at radius 1 is 1.46 bits per heavy atom. The zero-order valence-corrected chi connectivity index (χ0v) is 11.2. The zero-order valence-electron chi connectivity index (χ0n) is 8.10. The van der Waals surface area contributed by atoms with E-state index in [1.807, 2.05) is 6.07 Å². The van der Waals surface area contributed by atoms with Gasteiger partial charge in [-0.3, -0.25) is 0 Å². The third kappa shape index (κ3) is 10.9. The maximum absolute atomic E-state index is 11.8. The minimum Gasteiger partial charge on any atom is -0.448 e. The zero-order chi connectivity index (χ0) is 9.78. The average Bonchev–Trinajstić information content (AvgIpc) is 1.82. The van der Waals surface area contributed by atoms with Gasteiger partial charge in [0.2, 0.25) is 0 Å². The molecule has 70 valence electrons. The molecule has 0 saturated carbocycles. The number of halogens is 3. The monoisotopic (exact) mass is 218 g/mol. The first kappa shape index (κ1) is 16.4. The van der Waals surface area contributed by atoms with Crippen molar-refractivity contribution in [1.82, 2.24) is 4.90 Å². The van der Waals surface area contributed by atoms with E-state index in [4.69, 9.17) is 5.26 Å². The molecule has 0 N–H and O–H groups in total. The number of nitriles is 1. The Morgan fingerprint density at radius 2 is 1.92 bits per heavy atom. The van der Waals surface area contributed by atoms with Gasteiger partial charge in [-0.1, -0.05) is 0 Å². The fourth-order valence-corrected chi connectivity index (χ4v) is 0.936. The molecule has 0 saturated heterocycles. The van der Waals surface area contributed by atoms with Gasteiger partial charge in [0.25, 0.3) is 0 Å². The molecule has 0 bridgehead atoms. The van der Waals surface area contributed by atoms with Gasteiger partial charge in [0.15, 0.2) is 0 Å².